The number of thiazole rings is 1. The second-order valence-electron chi connectivity index (χ2n) is 5.83. The Bertz CT molecular complexity index is 775. The number of rotatable bonds is 4. The molecule has 22 heavy (non-hydrogen) atoms. The average molecular weight is 336 g/mol. The average Bonchev–Trinajstić information content (AvgIpc) is 3.10. The monoisotopic (exact) mass is 336 g/mol. The molecule has 3 rings (SSSR count). The van der Waals surface area contributed by atoms with E-state index < -0.39 is 10.0 Å². The molecule has 1 saturated carbocycles. The van der Waals surface area contributed by atoms with Crippen molar-refractivity contribution in [2.45, 2.75) is 50.5 Å². The van der Waals surface area contributed by atoms with E-state index in [0.29, 0.717) is 4.90 Å². The molecular weight excluding hydrogens is 316 g/mol. The van der Waals surface area contributed by atoms with Gasteiger partial charge in [-0.25, -0.2) is 18.1 Å². The molecule has 1 aromatic heterocycles. The molecule has 0 atom stereocenters. The molecule has 6 heteroatoms. The third kappa shape index (κ3) is 3.24. The lowest BCUT2D eigenvalue weighted by Crippen LogP contribution is -2.33. The first-order valence-corrected chi connectivity index (χ1v) is 9.87. The minimum absolute atomic E-state index is 0.0783. The Morgan fingerprint density at radius 3 is 2.59 bits per heavy atom. The number of benzene rings is 1. The van der Waals surface area contributed by atoms with Crippen LogP contribution in [0.5, 0.6) is 0 Å². The highest BCUT2D eigenvalue weighted by atomic mass is 32.2. The van der Waals surface area contributed by atoms with Crippen LogP contribution >= 0.6 is 11.3 Å². The molecule has 2 aromatic rings. The number of hydrogen-bond donors (Lipinski definition) is 1. The van der Waals surface area contributed by atoms with Crippen molar-refractivity contribution in [3.63, 3.8) is 0 Å². The third-order valence-electron chi connectivity index (χ3n) is 4.07. The fraction of sp³-hybridized carbons (Fsp3) is 0.438. The van der Waals surface area contributed by atoms with Gasteiger partial charge in [-0.3, -0.25) is 0 Å². The van der Waals surface area contributed by atoms with Gasteiger partial charge in [-0.05, 0) is 38.3 Å². The summed E-state index contributed by atoms with van der Waals surface area (Å²) in [4.78, 5) is 4.80. The summed E-state index contributed by atoms with van der Waals surface area (Å²) >= 11 is 1.57. The molecule has 4 nitrogen and oxygen atoms in total. The molecule has 1 aromatic carbocycles. The van der Waals surface area contributed by atoms with E-state index in [4.69, 9.17) is 0 Å². The van der Waals surface area contributed by atoms with E-state index in [-0.39, 0.29) is 6.04 Å². The largest absolute Gasteiger partial charge is 0.242 e. The van der Waals surface area contributed by atoms with Crippen molar-refractivity contribution in [2.24, 2.45) is 0 Å². The van der Waals surface area contributed by atoms with Gasteiger partial charge in [0, 0.05) is 17.0 Å². The molecule has 1 heterocycles. The molecule has 0 amide bonds. The molecule has 0 unspecified atom stereocenters. The summed E-state index contributed by atoms with van der Waals surface area (Å²) in [6.07, 6.45) is 4.07. The second-order valence-corrected chi connectivity index (χ2v) is 8.58. The fourth-order valence-electron chi connectivity index (χ4n) is 2.87. The first-order valence-electron chi connectivity index (χ1n) is 7.51. The highest BCUT2D eigenvalue weighted by Crippen LogP contribution is 2.27. The highest BCUT2D eigenvalue weighted by Gasteiger charge is 2.24. The van der Waals surface area contributed by atoms with E-state index in [1.54, 1.807) is 17.4 Å². The van der Waals surface area contributed by atoms with Gasteiger partial charge in [0.2, 0.25) is 10.0 Å². The van der Waals surface area contributed by atoms with Crippen molar-refractivity contribution < 1.29 is 8.42 Å². The molecule has 0 spiro atoms. The summed E-state index contributed by atoms with van der Waals surface area (Å²) in [5, 5.41) is 2.94. The van der Waals surface area contributed by atoms with Gasteiger partial charge in [-0.1, -0.05) is 25.0 Å². The van der Waals surface area contributed by atoms with E-state index in [0.717, 1.165) is 47.5 Å². The maximum absolute atomic E-state index is 12.7. The zero-order valence-electron chi connectivity index (χ0n) is 12.8. The summed E-state index contributed by atoms with van der Waals surface area (Å²) in [6.45, 7) is 3.78. The topological polar surface area (TPSA) is 59.1 Å². The minimum atomic E-state index is -3.47. The highest BCUT2D eigenvalue weighted by molar-refractivity contribution is 7.89. The molecule has 0 bridgehead atoms. The van der Waals surface area contributed by atoms with Crippen LogP contribution in [0.2, 0.25) is 0 Å². The minimum Gasteiger partial charge on any atom is -0.242 e. The number of aryl methyl sites for hydroxylation is 2. The number of hydrogen-bond acceptors (Lipinski definition) is 4. The van der Waals surface area contributed by atoms with Crippen molar-refractivity contribution in [1.29, 1.82) is 0 Å². The fourth-order valence-corrected chi connectivity index (χ4v) is 5.07. The van der Waals surface area contributed by atoms with Crippen LogP contribution in [-0.4, -0.2) is 19.4 Å². The molecule has 118 valence electrons. The summed E-state index contributed by atoms with van der Waals surface area (Å²) in [5.74, 6) is 0. The van der Waals surface area contributed by atoms with Crippen LogP contribution in [0.15, 0.2) is 28.5 Å². The smallest absolute Gasteiger partial charge is 0.241 e. The van der Waals surface area contributed by atoms with E-state index in [2.05, 4.69) is 9.71 Å². The second kappa shape index (κ2) is 6.10. The standard InChI is InChI=1S/C16H20N2O2S2/c1-11-7-8-13(15-10-21-12(2)17-15)9-16(11)22(19,20)18-14-5-3-4-6-14/h7-10,14,18H,3-6H2,1-2H3. The maximum atomic E-state index is 12.7. The van der Waals surface area contributed by atoms with E-state index >= 15 is 0 Å². The number of nitrogens with zero attached hydrogens (tertiary/aromatic N) is 1. The Morgan fingerprint density at radius 1 is 1.23 bits per heavy atom. The molecule has 1 aliphatic carbocycles. The predicted octanol–water partition coefficient (Wildman–Crippen LogP) is 3.65. The zero-order valence-corrected chi connectivity index (χ0v) is 14.4. The third-order valence-corrected chi connectivity index (χ3v) is 6.51. The van der Waals surface area contributed by atoms with Crippen LogP contribution in [0.1, 0.15) is 36.3 Å². The molecule has 1 N–H and O–H groups in total. The molecule has 0 aliphatic heterocycles. The Labute approximate surface area is 135 Å². The summed E-state index contributed by atoms with van der Waals surface area (Å²) < 4.78 is 28.2. The summed E-state index contributed by atoms with van der Waals surface area (Å²) in [7, 11) is -3.47. The summed E-state index contributed by atoms with van der Waals surface area (Å²) in [5.41, 5.74) is 2.45. The van der Waals surface area contributed by atoms with Gasteiger partial charge in [0.25, 0.3) is 0 Å². The molecule has 0 radical (unpaired) electrons. The first kappa shape index (κ1) is 15.6. The van der Waals surface area contributed by atoms with Crippen LogP contribution < -0.4 is 4.72 Å². The van der Waals surface area contributed by atoms with Gasteiger partial charge in [0.15, 0.2) is 0 Å². The van der Waals surface area contributed by atoms with Crippen LogP contribution in [0.4, 0.5) is 0 Å². The number of sulfonamides is 1. The zero-order chi connectivity index (χ0) is 15.7. The molecule has 0 saturated heterocycles. The quantitative estimate of drug-likeness (QED) is 0.927. The Morgan fingerprint density at radius 2 is 1.95 bits per heavy atom. The van der Waals surface area contributed by atoms with Crippen molar-refractivity contribution in [1.82, 2.24) is 9.71 Å². The summed E-state index contributed by atoms with van der Waals surface area (Å²) in [6, 6.07) is 5.60. The Hall–Kier alpha value is -1.24. The van der Waals surface area contributed by atoms with Gasteiger partial charge >= 0.3 is 0 Å². The van der Waals surface area contributed by atoms with E-state index in [1.165, 1.54) is 0 Å². The molecule has 1 aliphatic rings. The Balaban J connectivity index is 1.95. The van der Waals surface area contributed by atoms with Gasteiger partial charge in [-0.2, -0.15) is 0 Å². The maximum Gasteiger partial charge on any atom is 0.241 e. The lowest BCUT2D eigenvalue weighted by Gasteiger charge is -2.14. The van der Waals surface area contributed by atoms with Gasteiger partial charge in [-0.15, -0.1) is 11.3 Å². The van der Waals surface area contributed by atoms with Crippen molar-refractivity contribution >= 4 is 21.4 Å². The molecule has 1 fully saturated rings. The number of aromatic nitrogens is 1. The van der Waals surface area contributed by atoms with E-state index in [1.807, 2.05) is 31.4 Å². The van der Waals surface area contributed by atoms with Gasteiger partial charge in [0.05, 0.1) is 15.6 Å². The lowest BCUT2D eigenvalue weighted by atomic mass is 10.1. The molecular formula is C16H20N2O2S2. The SMILES string of the molecule is Cc1nc(-c2ccc(C)c(S(=O)(=O)NC3CCCC3)c2)cs1. The van der Waals surface area contributed by atoms with Crippen LogP contribution in [0.25, 0.3) is 11.3 Å². The Kier molecular flexibility index (Phi) is 4.34. The number of nitrogens with one attached hydrogen (secondary N) is 1. The first-order chi connectivity index (χ1) is 10.5. The lowest BCUT2D eigenvalue weighted by molar-refractivity contribution is 0.551. The van der Waals surface area contributed by atoms with Crippen LogP contribution in [0, 0.1) is 13.8 Å². The van der Waals surface area contributed by atoms with Crippen LogP contribution in [0.3, 0.4) is 0 Å². The van der Waals surface area contributed by atoms with E-state index in [9.17, 15) is 8.42 Å². The van der Waals surface area contributed by atoms with Gasteiger partial charge in [0.1, 0.15) is 0 Å². The predicted molar refractivity (Wildman–Crippen MR) is 89.6 cm³/mol. The van der Waals surface area contributed by atoms with Gasteiger partial charge < -0.3 is 0 Å². The van der Waals surface area contributed by atoms with Crippen molar-refractivity contribution in [2.75, 3.05) is 0 Å². The van der Waals surface area contributed by atoms with Crippen molar-refractivity contribution in [3.05, 3.63) is 34.2 Å². The van der Waals surface area contributed by atoms with Crippen molar-refractivity contribution in [3.8, 4) is 11.3 Å². The van der Waals surface area contributed by atoms with Crippen LogP contribution in [-0.2, 0) is 10.0 Å². The normalized spacial score (nSPS) is 16.3.